The number of pyridine rings is 1. The number of halogens is 1. The fraction of sp³-hybridized carbons (Fsp3) is 0.188. The molecular weight excluding hydrogens is 360 g/mol. The number of nitrogens with zero attached hydrogens (tertiary/aromatic N) is 4. The van der Waals surface area contributed by atoms with E-state index in [2.05, 4.69) is 20.4 Å². The van der Waals surface area contributed by atoms with Gasteiger partial charge in [-0.05, 0) is 12.1 Å². The quantitative estimate of drug-likeness (QED) is 0.493. The topological polar surface area (TPSA) is 135 Å². The van der Waals surface area contributed by atoms with Crippen LogP contribution in [0.15, 0.2) is 35.6 Å². The Morgan fingerprint density at radius 3 is 2.81 bits per heavy atom. The first kappa shape index (κ1) is 19.1. The van der Waals surface area contributed by atoms with Gasteiger partial charge in [-0.15, -0.1) is 11.6 Å². The largest absolute Gasteiger partial charge is 0.476 e. The summed E-state index contributed by atoms with van der Waals surface area (Å²) in [5, 5.41) is 15.4. The summed E-state index contributed by atoms with van der Waals surface area (Å²) in [7, 11) is 1.56. The Morgan fingerprint density at radius 2 is 2.15 bits per heavy atom. The maximum absolute atomic E-state index is 12.4. The van der Waals surface area contributed by atoms with Gasteiger partial charge in [-0.1, -0.05) is 6.07 Å². The maximum Gasteiger partial charge on any atom is 0.358 e. The molecule has 2 aromatic rings. The molecule has 0 aliphatic heterocycles. The molecule has 2 rings (SSSR count). The minimum Gasteiger partial charge on any atom is -0.476 e. The van der Waals surface area contributed by atoms with Crippen LogP contribution in [0.4, 0.5) is 5.69 Å². The average Bonchev–Trinajstić information content (AvgIpc) is 2.99. The van der Waals surface area contributed by atoms with E-state index in [1.807, 2.05) is 0 Å². The van der Waals surface area contributed by atoms with Crippen molar-refractivity contribution in [2.24, 2.45) is 17.8 Å². The van der Waals surface area contributed by atoms with E-state index in [1.165, 1.54) is 29.4 Å². The molecule has 0 aromatic carbocycles. The van der Waals surface area contributed by atoms with Crippen LogP contribution in [0.3, 0.4) is 0 Å². The van der Waals surface area contributed by atoms with E-state index in [-0.39, 0.29) is 17.1 Å². The Bertz CT molecular complexity index is 875. The first-order valence-electron chi connectivity index (χ1n) is 7.49. The molecule has 2 heterocycles. The number of rotatable bonds is 7. The van der Waals surface area contributed by atoms with Gasteiger partial charge in [0.15, 0.2) is 5.69 Å². The number of hydrogen-bond acceptors (Lipinski definition) is 6. The summed E-state index contributed by atoms with van der Waals surface area (Å²) in [4.78, 5) is 31.9. The van der Waals surface area contributed by atoms with E-state index in [4.69, 9.17) is 22.4 Å². The monoisotopic (exact) mass is 376 g/mol. The fourth-order valence-corrected chi connectivity index (χ4v) is 2.15. The third-order valence-electron chi connectivity index (χ3n) is 3.18. The highest BCUT2D eigenvalue weighted by atomic mass is 35.5. The van der Waals surface area contributed by atoms with E-state index < -0.39 is 11.9 Å². The molecule has 1 amide bonds. The molecule has 0 saturated heterocycles. The summed E-state index contributed by atoms with van der Waals surface area (Å²) in [6, 6.07) is 4.81. The summed E-state index contributed by atoms with van der Waals surface area (Å²) in [5.41, 5.74) is 6.48. The van der Waals surface area contributed by atoms with Gasteiger partial charge in [0.25, 0.3) is 5.91 Å². The number of nitrogens with two attached hydrogens (primary N) is 1. The van der Waals surface area contributed by atoms with Gasteiger partial charge in [-0.25, -0.2) is 9.78 Å². The number of carboxylic acids is 1. The molecule has 0 unspecified atom stereocenters. The van der Waals surface area contributed by atoms with Crippen LogP contribution in [0.5, 0.6) is 0 Å². The van der Waals surface area contributed by atoms with Gasteiger partial charge in [0.1, 0.15) is 5.69 Å². The first-order chi connectivity index (χ1) is 12.5. The van der Waals surface area contributed by atoms with Crippen molar-refractivity contribution < 1.29 is 14.7 Å². The van der Waals surface area contributed by atoms with Crippen molar-refractivity contribution in [1.29, 1.82) is 0 Å². The molecule has 0 bridgehead atoms. The number of aromatic nitrogens is 3. The number of aryl methyl sites for hydroxylation is 1. The van der Waals surface area contributed by atoms with E-state index in [0.29, 0.717) is 23.7 Å². The molecule has 0 atom stereocenters. The molecule has 0 saturated carbocycles. The summed E-state index contributed by atoms with van der Waals surface area (Å²) in [6.07, 6.45) is 4.25. The standard InChI is InChI=1S/C16H17ClN6O3/c1-23-9-13(14(22-23)16(25)26)21-15(24)12-4-2-3-11(20-12)10(7-18)8-19-6-5-17/h2-4,7-9H,5-6,18H2,1H3,(H,21,24)(H,25,26). The third-order valence-corrected chi connectivity index (χ3v) is 3.35. The van der Waals surface area contributed by atoms with Gasteiger partial charge in [0.05, 0.1) is 17.9 Å². The third kappa shape index (κ3) is 4.67. The lowest BCUT2D eigenvalue weighted by molar-refractivity contribution is 0.0690. The molecule has 136 valence electrons. The molecule has 9 nitrogen and oxygen atoms in total. The van der Waals surface area contributed by atoms with E-state index in [9.17, 15) is 9.59 Å². The molecule has 10 heteroatoms. The minimum absolute atomic E-state index is 0.0791. The van der Waals surface area contributed by atoms with Crippen molar-refractivity contribution in [3.05, 3.63) is 47.7 Å². The Hall–Kier alpha value is -3.20. The van der Waals surface area contributed by atoms with E-state index in [0.717, 1.165) is 0 Å². The number of hydrogen-bond donors (Lipinski definition) is 3. The zero-order chi connectivity index (χ0) is 19.1. The predicted octanol–water partition coefficient (Wildman–Crippen LogP) is 1.37. The second-order valence-electron chi connectivity index (χ2n) is 5.08. The zero-order valence-electron chi connectivity index (χ0n) is 13.9. The van der Waals surface area contributed by atoms with Gasteiger partial charge in [0.2, 0.25) is 0 Å². The Balaban J connectivity index is 2.24. The molecule has 2 aromatic heterocycles. The molecule has 0 fully saturated rings. The number of carboxylic acid groups (broad SMARTS) is 1. The minimum atomic E-state index is -1.24. The number of amides is 1. The molecule has 0 aliphatic rings. The Labute approximate surface area is 154 Å². The van der Waals surface area contributed by atoms with Crippen molar-refractivity contribution in [3.63, 3.8) is 0 Å². The van der Waals surface area contributed by atoms with Crippen LogP contribution in [0.1, 0.15) is 26.7 Å². The SMILES string of the molecule is Cn1cc(NC(=O)c2cccc(C(C=NCCCl)=CN)n2)c(C(=O)O)n1. The van der Waals surface area contributed by atoms with Crippen LogP contribution in [-0.2, 0) is 7.05 Å². The van der Waals surface area contributed by atoms with Crippen molar-refractivity contribution in [3.8, 4) is 0 Å². The zero-order valence-corrected chi connectivity index (χ0v) is 14.6. The number of allylic oxidation sites excluding steroid dienone is 1. The number of aliphatic imine (C=N–C) groups is 1. The summed E-state index contributed by atoms with van der Waals surface area (Å²) < 4.78 is 1.30. The van der Waals surface area contributed by atoms with Gasteiger partial charge >= 0.3 is 5.97 Å². The lowest BCUT2D eigenvalue weighted by Crippen LogP contribution is -2.16. The van der Waals surface area contributed by atoms with Crippen LogP contribution in [-0.4, -0.2) is 50.4 Å². The van der Waals surface area contributed by atoms with Crippen LogP contribution in [0.2, 0.25) is 0 Å². The maximum atomic E-state index is 12.4. The molecule has 0 radical (unpaired) electrons. The second kappa shape index (κ2) is 8.77. The summed E-state index contributed by atoms with van der Waals surface area (Å²) >= 11 is 5.57. The molecule has 0 spiro atoms. The van der Waals surface area contributed by atoms with Crippen LogP contribution >= 0.6 is 11.6 Å². The Kier molecular flexibility index (Phi) is 6.45. The lowest BCUT2D eigenvalue weighted by Gasteiger charge is -2.06. The highest BCUT2D eigenvalue weighted by Gasteiger charge is 2.18. The van der Waals surface area contributed by atoms with E-state index in [1.54, 1.807) is 19.2 Å². The number of aromatic carboxylic acids is 1. The lowest BCUT2D eigenvalue weighted by atomic mass is 10.2. The molecule has 4 N–H and O–H groups in total. The normalized spacial score (nSPS) is 11.7. The van der Waals surface area contributed by atoms with Crippen molar-refractivity contribution >= 4 is 41.0 Å². The summed E-state index contributed by atoms with van der Waals surface area (Å²) in [5.74, 6) is -1.44. The first-order valence-corrected chi connectivity index (χ1v) is 8.03. The van der Waals surface area contributed by atoms with Gasteiger partial charge in [-0.2, -0.15) is 5.10 Å². The van der Waals surface area contributed by atoms with Gasteiger partial charge in [0, 0.05) is 37.1 Å². The van der Waals surface area contributed by atoms with Crippen LogP contribution < -0.4 is 11.1 Å². The summed E-state index contributed by atoms with van der Waals surface area (Å²) in [6.45, 7) is 0.429. The second-order valence-corrected chi connectivity index (χ2v) is 5.46. The van der Waals surface area contributed by atoms with Crippen LogP contribution in [0, 0.1) is 0 Å². The number of carbonyl (C=O) groups excluding carboxylic acids is 1. The number of nitrogens with one attached hydrogen (secondary N) is 1. The van der Waals surface area contributed by atoms with Crippen molar-refractivity contribution in [1.82, 2.24) is 14.8 Å². The number of alkyl halides is 1. The smallest absolute Gasteiger partial charge is 0.358 e. The fourth-order valence-electron chi connectivity index (χ4n) is 2.05. The Morgan fingerprint density at radius 1 is 1.42 bits per heavy atom. The number of anilines is 1. The molecule has 26 heavy (non-hydrogen) atoms. The highest BCUT2D eigenvalue weighted by molar-refractivity contribution is 6.18. The molecule has 0 aliphatic carbocycles. The number of carbonyl (C=O) groups is 2. The predicted molar refractivity (Wildman–Crippen MR) is 98.6 cm³/mol. The molecular formula is C16H17ClN6O3. The van der Waals surface area contributed by atoms with Crippen molar-refractivity contribution in [2.45, 2.75) is 0 Å². The average molecular weight is 377 g/mol. The highest BCUT2D eigenvalue weighted by Crippen LogP contribution is 2.15. The van der Waals surface area contributed by atoms with Gasteiger partial charge in [-0.3, -0.25) is 14.5 Å². The van der Waals surface area contributed by atoms with Crippen LogP contribution in [0.25, 0.3) is 5.57 Å². The van der Waals surface area contributed by atoms with E-state index >= 15 is 0 Å². The van der Waals surface area contributed by atoms with Gasteiger partial charge < -0.3 is 16.2 Å². The van der Waals surface area contributed by atoms with Crippen molar-refractivity contribution in [2.75, 3.05) is 17.7 Å².